The van der Waals surface area contributed by atoms with Crippen molar-refractivity contribution in [2.45, 2.75) is 58.5 Å². The van der Waals surface area contributed by atoms with Crippen molar-refractivity contribution in [3.05, 3.63) is 0 Å². The van der Waals surface area contributed by atoms with E-state index in [9.17, 15) is 4.79 Å². The fraction of sp³-hybridized carbons (Fsp3) is 0.846. The van der Waals surface area contributed by atoms with Crippen LogP contribution >= 0.6 is 0 Å². The third kappa shape index (κ3) is 3.44. The van der Waals surface area contributed by atoms with Gasteiger partial charge in [0.1, 0.15) is 6.04 Å². The van der Waals surface area contributed by atoms with Crippen LogP contribution < -0.4 is 5.73 Å². The summed E-state index contributed by atoms with van der Waals surface area (Å²) in [6.45, 7) is 7.01. The third-order valence-corrected chi connectivity index (χ3v) is 3.73. The molecule has 4 heteroatoms. The number of amides is 1. The molecule has 0 saturated carbocycles. The molecule has 1 heterocycles. The smallest absolute Gasteiger partial charge is 0.240 e. The summed E-state index contributed by atoms with van der Waals surface area (Å²) in [6, 6.07) is 1.44. The first kappa shape index (κ1) is 14.0. The van der Waals surface area contributed by atoms with Crippen LogP contribution in [0.3, 0.4) is 0 Å². The minimum absolute atomic E-state index is 0.0597. The number of nitrogens with zero attached hydrogens (tertiary/aromatic N) is 2. The predicted molar refractivity (Wildman–Crippen MR) is 67.0 cm³/mol. The van der Waals surface area contributed by atoms with Gasteiger partial charge in [0.25, 0.3) is 0 Å². The average Bonchev–Trinajstić information content (AvgIpc) is 2.75. The summed E-state index contributed by atoms with van der Waals surface area (Å²) in [5, 5.41) is 8.96. The standard InChI is InChI=1S/C13H23N3O/c1-4-13(2,3)8-11(15)12(17)16-7-5-6-10(16)9-14/h10-11H,4-8,15H2,1-3H3/t10?,11-/m0/s1. The van der Waals surface area contributed by atoms with Crippen molar-refractivity contribution in [3.63, 3.8) is 0 Å². The highest BCUT2D eigenvalue weighted by molar-refractivity contribution is 5.82. The van der Waals surface area contributed by atoms with Gasteiger partial charge < -0.3 is 10.6 Å². The van der Waals surface area contributed by atoms with Gasteiger partial charge in [-0.3, -0.25) is 4.79 Å². The Kier molecular flexibility index (Phi) is 4.53. The quantitative estimate of drug-likeness (QED) is 0.808. The maximum absolute atomic E-state index is 12.2. The molecule has 4 nitrogen and oxygen atoms in total. The minimum atomic E-state index is -0.473. The molecule has 1 unspecified atom stereocenters. The molecule has 2 atom stereocenters. The van der Waals surface area contributed by atoms with E-state index < -0.39 is 6.04 Å². The van der Waals surface area contributed by atoms with Crippen LogP contribution in [0.2, 0.25) is 0 Å². The molecule has 1 fully saturated rings. The van der Waals surface area contributed by atoms with Crippen LogP contribution in [0.25, 0.3) is 0 Å². The van der Waals surface area contributed by atoms with Crippen molar-refractivity contribution in [3.8, 4) is 6.07 Å². The molecule has 0 radical (unpaired) electrons. The second-order valence-electron chi connectivity index (χ2n) is 5.65. The van der Waals surface area contributed by atoms with Gasteiger partial charge in [-0.05, 0) is 24.7 Å². The molecule has 1 aliphatic heterocycles. The molecule has 0 spiro atoms. The molecule has 0 bridgehead atoms. The Morgan fingerprint density at radius 1 is 1.65 bits per heavy atom. The molecule has 0 aromatic heterocycles. The van der Waals surface area contributed by atoms with Crippen molar-refractivity contribution in [2.75, 3.05) is 6.54 Å². The first-order chi connectivity index (χ1) is 7.91. The van der Waals surface area contributed by atoms with Crippen LogP contribution in [0.5, 0.6) is 0 Å². The van der Waals surface area contributed by atoms with Gasteiger partial charge in [0.15, 0.2) is 0 Å². The van der Waals surface area contributed by atoms with Gasteiger partial charge in [-0.1, -0.05) is 27.2 Å². The van der Waals surface area contributed by atoms with E-state index in [-0.39, 0.29) is 17.4 Å². The summed E-state index contributed by atoms with van der Waals surface area (Å²) >= 11 is 0. The maximum atomic E-state index is 12.2. The number of likely N-dealkylation sites (tertiary alicyclic amines) is 1. The van der Waals surface area contributed by atoms with Crippen molar-refractivity contribution >= 4 is 5.91 Å². The van der Waals surface area contributed by atoms with Crippen molar-refractivity contribution in [2.24, 2.45) is 11.1 Å². The summed E-state index contributed by atoms with van der Waals surface area (Å²) in [7, 11) is 0. The monoisotopic (exact) mass is 237 g/mol. The van der Waals surface area contributed by atoms with Gasteiger partial charge in [-0.2, -0.15) is 5.26 Å². The van der Waals surface area contributed by atoms with Gasteiger partial charge >= 0.3 is 0 Å². The van der Waals surface area contributed by atoms with Crippen LogP contribution in [0.1, 0.15) is 46.5 Å². The summed E-state index contributed by atoms with van der Waals surface area (Å²) in [5.41, 5.74) is 6.06. The topological polar surface area (TPSA) is 70.1 Å². The molecule has 0 aliphatic carbocycles. The van der Waals surface area contributed by atoms with Gasteiger partial charge in [-0.25, -0.2) is 0 Å². The summed E-state index contributed by atoms with van der Waals surface area (Å²) in [4.78, 5) is 13.8. The normalized spacial score (nSPS) is 22.3. The van der Waals surface area contributed by atoms with Gasteiger partial charge in [0, 0.05) is 6.54 Å². The Hall–Kier alpha value is -1.08. The number of nitriles is 1. The van der Waals surface area contributed by atoms with E-state index in [2.05, 4.69) is 26.8 Å². The van der Waals surface area contributed by atoms with E-state index in [4.69, 9.17) is 11.0 Å². The third-order valence-electron chi connectivity index (χ3n) is 3.73. The lowest BCUT2D eigenvalue weighted by Gasteiger charge is -2.29. The average molecular weight is 237 g/mol. The van der Waals surface area contributed by atoms with E-state index in [1.54, 1.807) is 4.90 Å². The Morgan fingerprint density at radius 3 is 2.82 bits per heavy atom. The van der Waals surface area contributed by atoms with Crippen LogP contribution in [-0.4, -0.2) is 29.4 Å². The molecule has 0 aromatic rings. The first-order valence-corrected chi connectivity index (χ1v) is 6.37. The van der Waals surface area contributed by atoms with Crippen LogP contribution in [0, 0.1) is 16.7 Å². The van der Waals surface area contributed by atoms with Crippen LogP contribution in [0.4, 0.5) is 0 Å². The highest BCUT2D eigenvalue weighted by atomic mass is 16.2. The number of hydrogen-bond acceptors (Lipinski definition) is 3. The number of carbonyl (C=O) groups excluding carboxylic acids is 1. The SMILES string of the molecule is CCC(C)(C)C[C@H](N)C(=O)N1CCCC1C#N. The Labute approximate surface area is 104 Å². The van der Waals surface area contributed by atoms with E-state index in [1.165, 1.54) is 0 Å². The highest BCUT2D eigenvalue weighted by Gasteiger charge is 2.33. The fourth-order valence-electron chi connectivity index (χ4n) is 2.20. The summed E-state index contributed by atoms with van der Waals surface area (Å²) in [5.74, 6) is -0.0597. The zero-order valence-electron chi connectivity index (χ0n) is 11.1. The van der Waals surface area contributed by atoms with Crippen LogP contribution in [-0.2, 0) is 4.79 Å². The lowest BCUT2D eigenvalue weighted by Crippen LogP contribution is -2.47. The number of carbonyl (C=O) groups is 1. The lowest BCUT2D eigenvalue weighted by molar-refractivity contribution is -0.133. The zero-order chi connectivity index (χ0) is 13.1. The number of hydrogen-bond donors (Lipinski definition) is 1. The van der Waals surface area contributed by atoms with Gasteiger partial charge in [-0.15, -0.1) is 0 Å². The van der Waals surface area contributed by atoms with E-state index in [1.807, 2.05) is 0 Å². The Bertz CT molecular complexity index is 319. The molecule has 1 rings (SSSR count). The Morgan fingerprint density at radius 2 is 2.29 bits per heavy atom. The molecule has 0 aromatic carbocycles. The van der Waals surface area contributed by atoms with Crippen molar-refractivity contribution in [1.82, 2.24) is 4.90 Å². The van der Waals surface area contributed by atoms with E-state index >= 15 is 0 Å². The molecule has 1 saturated heterocycles. The van der Waals surface area contributed by atoms with E-state index in [0.717, 1.165) is 19.3 Å². The predicted octanol–water partition coefficient (Wildman–Crippen LogP) is 1.65. The number of nitrogens with two attached hydrogens (primary N) is 1. The first-order valence-electron chi connectivity index (χ1n) is 6.37. The van der Waals surface area contributed by atoms with E-state index in [0.29, 0.717) is 13.0 Å². The molecule has 17 heavy (non-hydrogen) atoms. The summed E-state index contributed by atoms with van der Waals surface area (Å²) in [6.07, 6.45) is 3.37. The maximum Gasteiger partial charge on any atom is 0.240 e. The second kappa shape index (κ2) is 5.50. The van der Waals surface area contributed by atoms with Gasteiger partial charge in [0.05, 0.1) is 12.1 Å². The van der Waals surface area contributed by atoms with Crippen molar-refractivity contribution in [1.29, 1.82) is 5.26 Å². The Balaban J connectivity index is 2.61. The second-order valence-corrected chi connectivity index (χ2v) is 5.65. The molecule has 1 aliphatic rings. The molecule has 1 amide bonds. The molecule has 2 N–H and O–H groups in total. The van der Waals surface area contributed by atoms with Crippen LogP contribution in [0.15, 0.2) is 0 Å². The van der Waals surface area contributed by atoms with Gasteiger partial charge in [0.2, 0.25) is 5.91 Å². The zero-order valence-corrected chi connectivity index (χ0v) is 11.1. The molecule has 96 valence electrons. The molecular weight excluding hydrogens is 214 g/mol. The molecular formula is C13H23N3O. The lowest BCUT2D eigenvalue weighted by atomic mass is 9.83. The largest absolute Gasteiger partial charge is 0.325 e. The highest BCUT2D eigenvalue weighted by Crippen LogP contribution is 2.27. The fourth-order valence-corrected chi connectivity index (χ4v) is 2.20. The number of rotatable bonds is 4. The summed E-state index contributed by atoms with van der Waals surface area (Å²) < 4.78 is 0. The van der Waals surface area contributed by atoms with Crippen molar-refractivity contribution < 1.29 is 4.79 Å². The minimum Gasteiger partial charge on any atom is -0.325 e.